The third-order valence-corrected chi connectivity index (χ3v) is 4.00. The molecule has 8 nitrogen and oxygen atoms in total. The van der Waals surface area contributed by atoms with Crippen molar-refractivity contribution in [3.63, 3.8) is 0 Å². The molecule has 1 atom stereocenters. The van der Waals surface area contributed by atoms with Gasteiger partial charge < -0.3 is 24.1 Å². The maximum atomic E-state index is 12.4. The van der Waals surface area contributed by atoms with Gasteiger partial charge in [0.25, 0.3) is 5.91 Å². The van der Waals surface area contributed by atoms with Crippen LogP contribution in [0.3, 0.4) is 0 Å². The first-order valence-corrected chi connectivity index (χ1v) is 8.43. The van der Waals surface area contributed by atoms with Crippen LogP contribution < -0.4 is 10.2 Å². The van der Waals surface area contributed by atoms with Gasteiger partial charge in [-0.25, -0.2) is 9.78 Å². The number of morpholine rings is 1. The number of anilines is 1. The summed E-state index contributed by atoms with van der Waals surface area (Å²) in [6.45, 7) is 3.88. The molecule has 1 N–H and O–H groups in total. The van der Waals surface area contributed by atoms with Gasteiger partial charge in [-0.1, -0.05) is 0 Å². The highest BCUT2D eigenvalue weighted by Crippen LogP contribution is 2.19. The van der Waals surface area contributed by atoms with E-state index in [0.29, 0.717) is 43.4 Å². The van der Waals surface area contributed by atoms with Gasteiger partial charge in [-0.3, -0.25) is 4.79 Å². The van der Waals surface area contributed by atoms with Gasteiger partial charge in [-0.05, 0) is 31.2 Å². The average Bonchev–Trinajstić information content (AvgIpc) is 3.22. The molecule has 3 heterocycles. The van der Waals surface area contributed by atoms with E-state index in [4.69, 9.17) is 13.9 Å². The molecule has 0 spiro atoms. The predicted molar refractivity (Wildman–Crippen MR) is 92.8 cm³/mol. The van der Waals surface area contributed by atoms with Crippen molar-refractivity contribution in [3.05, 3.63) is 48.0 Å². The number of nitrogens with zero attached hydrogens (tertiary/aromatic N) is 2. The number of rotatable bonds is 6. The van der Waals surface area contributed by atoms with Crippen LogP contribution in [0.1, 0.15) is 29.1 Å². The Bertz CT molecular complexity index is 741. The Hall–Kier alpha value is -2.87. The average molecular weight is 359 g/mol. The van der Waals surface area contributed by atoms with Crippen molar-refractivity contribution < 1.29 is 23.5 Å². The number of esters is 1. The lowest BCUT2D eigenvalue weighted by molar-refractivity contribution is -0.125. The summed E-state index contributed by atoms with van der Waals surface area (Å²) < 4.78 is 15.7. The Morgan fingerprint density at radius 1 is 1.31 bits per heavy atom. The summed E-state index contributed by atoms with van der Waals surface area (Å²) >= 11 is 0. The summed E-state index contributed by atoms with van der Waals surface area (Å²) in [5.41, 5.74) is 0.335. The van der Waals surface area contributed by atoms with E-state index in [1.807, 2.05) is 4.90 Å². The van der Waals surface area contributed by atoms with Gasteiger partial charge in [0.2, 0.25) is 0 Å². The number of hydrogen-bond donors (Lipinski definition) is 1. The van der Waals surface area contributed by atoms with Gasteiger partial charge in [-0.15, -0.1) is 0 Å². The standard InChI is InChI=1S/C18H21N3O5/c1-13(15-5-3-9-25-15)20-16(22)12-26-18(23)14-4-2-6-19-17(14)21-7-10-24-11-8-21/h2-6,9,13H,7-8,10-12H2,1H3,(H,20,22)/t13-/m1/s1. The fourth-order valence-corrected chi connectivity index (χ4v) is 2.68. The zero-order valence-corrected chi connectivity index (χ0v) is 14.5. The molecule has 8 heteroatoms. The van der Waals surface area contributed by atoms with Crippen molar-refractivity contribution in [2.45, 2.75) is 13.0 Å². The Morgan fingerprint density at radius 2 is 2.12 bits per heavy atom. The van der Waals surface area contributed by atoms with E-state index >= 15 is 0 Å². The van der Waals surface area contributed by atoms with Gasteiger partial charge in [0.1, 0.15) is 17.1 Å². The molecule has 1 amide bonds. The molecular weight excluding hydrogens is 338 g/mol. The second kappa shape index (κ2) is 8.48. The second-order valence-electron chi connectivity index (χ2n) is 5.85. The molecule has 1 saturated heterocycles. The Morgan fingerprint density at radius 3 is 2.85 bits per heavy atom. The number of nitrogens with one attached hydrogen (secondary N) is 1. The molecule has 1 fully saturated rings. The van der Waals surface area contributed by atoms with Crippen LogP contribution in [0.15, 0.2) is 41.1 Å². The molecular formula is C18H21N3O5. The summed E-state index contributed by atoms with van der Waals surface area (Å²) in [4.78, 5) is 30.7. The number of carbonyl (C=O) groups is 2. The normalized spacial score (nSPS) is 15.3. The van der Waals surface area contributed by atoms with E-state index in [-0.39, 0.29) is 12.6 Å². The van der Waals surface area contributed by atoms with Crippen LogP contribution in [-0.2, 0) is 14.3 Å². The van der Waals surface area contributed by atoms with Crippen molar-refractivity contribution in [2.75, 3.05) is 37.8 Å². The minimum absolute atomic E-state index is 0.307. The Balaban J connectivity index is 1.57. The Kier molecular flexibility index (Phi) is 5.85. The summed E-state index contributed by atoms with van der Waals surface area (Å²) in [5, 5.41) is 2.71. The molecule has 2 aromatic rings. The van der Waals surface area contributed by atoms with Crippen LogP contribution in [-0.4, -0.2) is 49.8 Å². The molecule has 0 unspecified atom stereocenters. The smallest absolute Gasteiger partial charge is 0.342 e. The summed E-state index contributed by atoms with van der Waals surface area (Å²) in [6.07, 6.45) is 3.16. The molecule has 0 saturated carbocycles. The molecule has 26 heavy (non-hydrogen) atoms. The van der Waals surface area contributed by atoms with Crippen LogP contribution in [0, 0.1) is 0 Å². The topological polar surface area (TPSA) is 93.9 Å². The third-order valence-electron chi connectivity index (χ3n) is 4.00. The molecule has 0 radical (unpaired) electrons. The molecule has 3 rings (SSSR count). The van der Waals surface area contributed by atoms with Crippen molar-refractivity contribution >= 4 is 17.7 Å². The van der Waals surface area contributed by atoms with Crippen LogP contribution in [0.2, 0.25) is 0 Å². The van der Waals surface area contributed by atoms with Crippen LogP contribution >= 0.6 is 0 Å². The van der Waals surface area contributed by atoms with Gasteiger partial charge in [-0.2, -0.15) is 0 Å². The van der Waals surface area contributed by atoms with Crippen molar-refractivity contribution in [3.8, 4) is 0 Å². The van der Waals surface area contributed by atoms with Crippen LogP contribution in [0.5, 0.6) is 0 Å². The Labute approximate surface area is 151 Å². The maximum Gasteiger partial charge on any atom is 0.342 e. The number of hydrogen-bond acceptors (Lipinski definition) is 7. The number of pyridine rings is 1. The first kappa shape index (κ1) is 17.9. The highest BCUT2D eigenvalue weighted by atomic mass is 16.5. The van der Waals surface area contributed by atoms with Crippen molar-refractivity contribution in [2.24, 2.45) is 0 Å². The summed E-state index contributed by atoms with van der Waals surface area (Å²) in [6, 6.07) is 6.51. The summed E-state index contributed by atoms with van der Waals surface area (Å²) in [7, 11) is 0. The second-order valence-corrected chi connectivity index (χ2v) is 5.85. The number of carbonyl (C=O) groups excluding carboxylic acids is 2. The van der Waals surface area contributed by atoms with Crippen LogP contribution in [0.4, 0.5) is 5.82 Å². The van der Waals surface area contributed by atoms with Crippen LogP contribution in [0.25, 0.3) is 0 Å². The number of aromatic nitrogens is 1. The maximum absolute atomic E-state index is 12.4. The highest BCUT2D eigenvalue weighted by molar-refractivity contribution is 5.96. The monoisotopic (exact) mass is 359 g/mol. The van der Waals surface area contributed by atoms with E-state index < -0.39 is 11.9 Å². The number of furan rings is 1. The minimum Gasteiger partial charge on any atom is -0.467 e. The van der Waals surface area contributed by atoms with Crippen molar-refractivity contribution in [1.82, 2.24) is 10.3 Å². The number of amides is 1. The third kappa shape index (κ3) is 4.40. The molecule has 1 aliphatic heterocycles. The molecule has 0 aromatic carbocycles. The largest absolute Gasteiger partial charge is 0.467 e. The minimum atomic E-state index is -0.583. The highest BCUT2D eigenvalue weighted by Gasteiger charge is 2.22. The van der Waals surface area contributed by atoms with E-state index in [1.54, 1.807) is 37.4 Å². The molecule has 138 valence electrons. The lowest BCUT2D eigenvalue weighted by Crippen LogP contribution is -2.38. The first-order valence-electron chi connectivity index (χ1n) is 8.43. The van der Waals surface area contributed by atoms with E-state index in [1.165, 1.54) is 6.26 Å². The first-order chi connectivity index (χ1) is 12.6. The van der Waals surface area contributed by atoms with E-state index in [0.717, 1.165) is 0 Å². The predicted octanol–water partition coefficient (Wildman–Crippen LogP) is 1.55. The SMILES string of the molecule is C[C@@H](NC(=O)COC(=O)c1cccnc1N1CCOCC1)c1ccco1. The zero-order valence-electron chi connectivity index (χ0n) is 14.5. The summed E-state index contributed by atoms with van der Waals surface area (Å²) in [5.74, 6) is 0.191. The quantitative estimate of drug-likeness (QED) is 0.782. The van der Waals surface area contributed by atoms with E-state index in [9.17, 15) is 9.59 Å². The number of ether oxygens (including phenoxy) is 2. The van der Waals surface area contributed by atoms with Gasteiger partial charge in [0.05, 0.1) is 25.5 Å². The van der Waals surface area contributed by atoms with Gasteiger partial charge >= 0.3 is 5.97 Å². The van der Waals surface area contributed by atoms with Gasteiger partial charge in [0.15, 0.2) is 6.61 Å². The lowest BCUT2D eigenvalue weighted by Gasteiger charge is -2.28. The lowest BCUT2D eigenvalue weighted by atomic mass is 10.2. The molecule has 0 bridgehead atoms. The molecule has 2 aromatic heterocycles. The van der Waals surface area contributed by atoms with Gasteiger partial charge in [0, 0.05) is 19.3 Å². The fraction of sp³-hybridized carbons (Fsp3) is 0.389. The fourth-order valence-electron chi connectivity index (χ4n) is 2.68. The molecule has 1 aliphatic rings. The zero-order chi connectivity index (χ0) is 18.4. The van der Waals surface area contributed by atoms with E-state index in [2.05, 4.69) is 10.3 Å². The molecule has 0 aliphatic carbocycles. The van der Waals surface area contributed by atoms with Crippen molar-refractivity contribution in [1.29, 1.82) is 0 Å².